The van der Waals surface area contributed by atoms with Crippen LogP contribution < -0.4 is 0 Å². The maximum Gasteiger partial charge on any atom is 0.174 e. The van der Waals surface area contributed by atoms with Crippen LogP contribution in [0.2, 0.25) is 0 Å². The highest BCUT2D eigenvalue weighted by molar-refractivity contribution is 5.32. The van der Waals surface area contributed by atoms with E-state index >= 15 is 0 Å². The lowest BCUT2D eigenvalue weighted by Gasteiger charge is -2.64. The molecule has 25 heavy (non-hydrogen) atoms. The minimum absolute atomic E-state index is 0.0288. The summed E-state index contributed by atoms with van der Waals surface area (Å²) >= 11 is 0. The molecule has 0 bridgehead atoms. The van der Waals surface area contributed by atoms with Crippen LogP contribution in [0.1, 0.15) is 79.6 Å². The van der Waals surface area contributed by atoms with Crippen molar-refractivity contribution in [2.45, 2.75) is 97.6 Å². The molecule has 3 heteroatoms. The van der Waals surface area contributed by atoms with Crippen LogP contribution in [0, 0.1) is 22.2 Å². The van der Waals surface area contributed by atoms with Crippen LogP contribution in [-0.4, -0.2) is 29.7 Å². The van der Waals surface area contributed by atoms with Crippen LogP contribution in [0.5, 0.6) is 0 Å². The van der Waals surface area contributed by atoms with Gasteiger partial charge in [0.1, 0.15) is 0 Å². The smallest absolute Gasteiger partial charge is 0.174 e. The van der Waals surface area contributed by atoms with E-state index in [9.17, 15) is 5.11 Å². The number of aliphatic hydroxyl groups excluding tert-OH is 1. The number of fused-ring (bicyclic) bond motifs is 3. The van der Waals surface area contributed by atoms with E-state index in [2.05, 4.69) is 40.7 Å². The zero-order chi connectivity index (χ0) is 18.1. The molecule has 2 saturated carbocycles. The average Bonchev–Trinajstić information content (AvgIpc) is 2.88. The van der Waals surface area contributed by atoms with Crippen molar-refractivity contribution >= 4 is 0 Å². The second-order valence-corrected chi connectivity index (χ2v) is 10.1. The van der Waals surface area contributed by atoms with Gasteiger partial charge in [-0.3, -0.25) is 0 Å². The third-order valence-corrected chi connectivity index (χ3v) is 8.62. The van der Waals surface area contributed by atoms with Gasteiger partial charge in [-0.15, -0.1) is 0 Å². The molecule has 1 aliphatic heterocycles. The molecule has 0 amide bonds. The Bertz CT molecular complexity index is 570. The van der Waals surface area contributed by atoms with Crippen LogP contribution >= 0.6 is 0 Å². The summed E-state index contributed by atoms with van der Waals surface area (Å²) in [5.41, 5.74) is 1.74. The molecule has 1 heterocycles. The molecule has 3 fully saturated rings. The third-order valence-electron chi connectivity index (χ3n) is 8.62. The number of aliphatic hydroxyl groups is 1. The Morgan fingerprint density at radius 1 is 1.04 bits per heavy atom. The Balaban J connectivity index is 1.74. The molecule has 142 valence electrons. The number of ether oxygens (including phenoxy) is 2. The van der Waals surface area contributed by atoms with Gasteiger partial charge in [0.15, 0.2) is 5.79 Å². The molecule has 3 aliphatic carbocycles. The Hall–Kier alpha value is -0.380. The first-order valence-electron chi connectivity index (χ1n) is 10.4. The van der Waals surface area contributed by atoms with Crippen LogP contribution in [-0.2, 0) is 9.47 Å². The van der Waals surface area contributed by atoms with E-state index in [1.807, 2.05) is 0 Å². The first-order valence-corrected chi connectivity index (χ1v) is 10.4. The fourth-order valence-electron chi connectivity index (χ4n) is 7.03. The molecule has 5 atom stereocenters. The second kappa shape index (κ2) is 5.56. The van der Waals surface area contributed by atoms with Crippen LogP contribution in [0.4, 0.5) is 0 Å². The molecule has 4 rings (SSSR count). The summed E-state index contributed by atoms with van der Waals surface area (Å²) in [5.74, 6) is 0.0973. The molecule has 2 unspecified atom stereocenters. The fraction of sp³-hybridized carbons (Fsp3) is 0.909. The number of allylic oxidation sites excluding steroid dienone is 1. The van der Waals surface area contributed by atoms with Gasteiger partial charge in [-0.25, -0.2) is 0 Å². The molecule has 1 saturated heterocycles. The van der Waals surface area contributed by atoms with Crippen LogP contribution in [0.3, 0.4) is 0 Å². The van der Waals surface area contributed by atoms with Crippen molar-refractivity contribution < 1.29 is 14.6 Å². The highest BCUT2D eigenvalue weighted by Gasteiger charge is 2.67. The largest absolute Gasteiger partial charge is 0.395 e. The second-order valence-electron chi connectivity index (χ2n) is 10.1. The van der Waals surface area contributed by atoms with E-state index in [0.717, 1.165) is 25.7 Å². The van der Waals surface area contributed by atoms with Crippen LogP contribution in [0.25, 0.3) is 0 Å². The molecule has 0 aromatic rings. The van der Waals surface area contributed by atoms with E-state index in [0.29, 0.717) is 12.5 Å². The first kappa shape index (κ1) is 18.0. The van der Waals surface area contributed by atoms with Crippen molar-refractivity contribution in [1.82, 2.24) is 0 Å². The Morgan fingerprint density at radius 2 is 1.72 bits per heavy atom. The number of hydrogen-bond acceptors (Lipinski definition) is 3. The number of hydrogen-bond donors (Lipinski definition) is 1. The van der Waals surface area contributed by atoms with Gasteiger partial charge in [-0.2, -0.15) is 0 Å². The average molecular weight is 349 g/mol. The van der Waals surface area contributed by atoms with Gasteiger partial charge >= 0.3 is 0 Å². The van der Waals surface area contributed by atoms with Gasteiger partial charge in [0.25, 0.3) is 0 Å². The molecule has 0 aromatic carbocycles. The van der Waals surface area contributed by atoms with Gasteiger partial charge in [0.2, 0.25) is 0 Å². The standard InChI is InChI=1S/C22H36O3/c1-15-16(2)25-22(24-15)13-12-20(5)17(19(22,3)4)9-11-21(14-23)10-7-6-8-18(20)21/h8,15-17,23H,6-7,9-14H2,1-5H3/t15-,16-,17-,20?,21?/m1/s1. The minimum Gasteiger partial charge on any atom is -0.395 e. The molecule has 1 N–H and O–H groups in total. The summed E-state index contributed by atoms with van der Waals surface area (Å²) < 4.78 is 13.0. The highest BCUT2D eigenvalue weighted by Crippen LogP contribution is 2.69. The molecule has 1 spiro atoms. The summed E-state index contributed by atoms with van der Waals surface area (Å²) in [6.45, 7) is 11.8. The lowest BCUT2D eigenvalue weighted by molar-refractivity contribution is -0.295. The van der Waals surface area contributed by atoms with Crippen molar-refractivity contribution in [3.05, 3.63) is 11.6 Å². The van der Waals surface area contributed by atoms with E-state index < -0.39 is 5.79 Å². The maximum atomic E-state index is 10.3. The molecular weight excluding hydrogens is 312 g/mol. The Kier molecular flexibility index (Phi) is 4.00. The van der Waals surface area contributed by atoms with Crippen molar-refractivity contribution in [3.8, 4) is 0 Å². The Morgan fingerprint density at radius 3 is 2.36 bits per heavy atom. The predicted octanol–water partition coefficient (Wildman–Crippen LogP) is 4.83. The molecule has 4 aliphatic rings. The Labute approximate surface area is 153 Å². The van der Waals surface area contributed by atoms with E-state index in [1.165, 1.54) is 19.3 Å². The van der Waals surface area contributed by atoms with Crippen LogP contribution in [0.15, 0.2) is 11.6 Å². The summed E-state index contributed by atoms with van der Waals surface area (Å²) in [7, 11) is 0. The third kappa shape index (κ3) is 2.21. The van der Waals surface area contributed by atoms with Gasteiger partial charge in [-0.1, -0.05) is 32.4 Å². The monoisotopic (exact) mass is 348 g/mol. The number of rotatable bonds is 1. The SMILES string of the molecule is C[C@H]1OC2(CCC3(C)C4=CCCCC4(CO)CC[C@@H]3C2(C)C)O[C@@H]1C. The summed E-state index contributed by atoms with van der Waals surface area (Å²) in [6.07, 6.45) is 10.7. The van der Waals surface area contributed by atoms with Crippen molar-refractivity contribution in [2.24, 2.45) is 22.2 Å². The zero-order valence-corrected chi connectivity index (χ0v) is 16.7. The van der Waals surface area contributed by atoms with Crippen molar-refractivity contribution in [2.75, 3.05) is 6.61 Å². The zero-order valence-electron chi connectivity index (χ0n) is 16.7. The highest BCUT2D eigenvalue weighted by atomic mass is 16.8. The first-order chi connectivity index (χ1) is 11.7. The van der Waals surface area contributed by atoms with Gasteiger partial charge in [0, 0.05) is 17.3 Å². The van der Waals surface area contributed by atoms with Gasteiger partial charge < -0.3 is 14.6 Å². The fourth-order valence-corrected chi connectivity index (χ4v) is 7.03. The summed E-state index contributed by atoms with van der Waals surface area (Å²) in [5, 5.41) is 10.3. The molecule has 0 aromatic heterocycles. The van der Waals surface area contributed by atoms with Crippen molar-refractivity contribution in [1.29, 1.82) is 0 Å². The molecule has 3 nitrogen and oxygen atoms in total. The maximum absolute atomic E-state index is 10.3. The summed E-state index contributed by atoms with van der Waals surface area (Å²) in [6, 6.07) is 0. The lowest BCUT2D eigenvalue weighted by Crippen LogP contribution is -2.62. The van der Waals surface area contributed by atoms with Crippen molar-refractivity contribution in [3.63, 3.8) is 0 Å². The minimum atomic E-state index is -0.440. The topological polar surface area (TPSA) is 38.7 Å². The van der Waals surface area contributed by atoms with Gasteiger partial charge in [0.05, 0.1) is 18.8 Å². The predicted molar refractivity (Wildman–Crippen MR) is 99.1 cm³/mol. The van der Waals surface area contributed by atoms with E-state index in [1.54, 1.807) is 5.57 Å². The molecular formula is C22H36O3. The normalized spacial score (nSPS) is 47.9. The molecule has 0 radical (unpaired) electrons. The van der Waals surface area contributed by atoms with E-state index in [4.69, 9.17) is 9.47 Å². The summed E-state index contributed by atoms with van der Waals surface area (Å²) in [4.78, 5) is 0. The van der Waals surface area contributed by atoms with Gasteiger partial charge in [-0.05, 0) is 63.7 Å². The quantitative estimate of drug-likeness (QED) is 0.690. The van der Waals surface area contributed by atoms with E-state index in [-0.39, 0.29) is 28.5 Å². The lowest BCUT2D eigenvalue weighted by atomic mass is 9.43.